The number of hydrogen-bond acceptors (Lipinski definition) is 5. The normalized spacial score (nSPS) is 18.4. The molecule has 5 nitrogen and oxygen atoms in total. The number of nitrogens with zero attached hydrogens (tertiary/aromatic N) is 4. The van der Waals surface area contributed by atoms with Crippen LogP contribution in [0.5, 0.6) is 5.88 Å². The minimum absolute atomic E-state index is 0.175. The molecule has 0 saturated carbocycles. The number of likely N-dealkylation sites (N-methyl/N-ethyl adjacent to an activating group) is 1. The topological polar surface area (TPSA) is 41.5 Å². The Labute approximate surface area is 142 Å². The summed E-state index contributed by atoms with van der Waals surface area (Å²) in [4.78, 5) is 13.0. The molecule has 2 aromatic rings. The van der Waals surface area contributed by atoms with Crippen LogP contribution in [-0.4, -0.2) is 48.2 Å². The van der Waals surface area contributed by atoms with Crippen LogP contribution >= 0.6 is 0 Å². The maximum absolute atomic E-state index is 13.4. The first-order valence-electron chi connectivity index (χ1n) is 8.21. The molecular weight excluding hydrogens is 307 g/mol. The Morgan fingerprint density at radius 3 is 3.00 bits per heavy atom. The van der Waals surface area contributed by atoms with Gasteiger partial charge in [-0.1, -0.05) is 12.1 Å². The number of methoxy groups -OCH3 is 1. The highest BCUT2D eigenvalue weighted by atomic mass is 19.1. The molecule has 1 aliphatic rings. The Morgan fingerprint density at radius 1 is 1.33 bits per heavy atom. The van der Waals surface area contributed by atoms with Gasteiger partial charge < -0.3 is 9.64 Å². The average Bonchev–Trinajstić information content (AvgIpc) is 2.61. The molecule has 0 N–H and O–H groups in total. The highest BCUT2D eigenvalue weighted by Crippen LogP contribution is 2.22. The molecule has 6 heteroatoms. The van der Waals surface area contributed by atoms with Crippen molar-refractivity contribution in [3.63, 3.8) is 0 Å². The lowest BCUT2D eigenvalue weighted by atomic mass is 10.0. The van der Waals surface area contributed by atoms with E-state index < -0.39 is 0 Å². The molecule has 1 unspecified atom stereocenters. The van der Waals surface area contributed by atoms with Crippen LogP contribution < -0.4 is 9.64 Å². The van der Waals surface area contributed by atoms with E-state index in [9.17, 15) is 4.39 Å². The largest absolute Gasteiger partial charge is 0.481 e. The molecule has 2 heterocycles. The van der Waals surface area contributed by atoms with Gasteiger partial charge in [0.25, 0.3) is 0 Å². The summed E-state index contributed by atoms with van der Waals surface area (Å²) in [6, 6.07) is 9.07. The van der Waals surface area contributed by atoms with Crippen molar-refractivity contribution in [1.82, 2.24) is 14.9 Å². The van der Waals surface area contributed by atoms with Crippen molar-refractivity contribution < 1.29 is 9.13 Å². The Hall–Kier alpha value is -2.21. The molecule has 0 aliphatic carbocycles. The zero-order chi connectivity index (χ0) is 16.9. The minimum Gasteiger partial charge on any atom is -0.481 e. The number of hydrogen-bond donors (Lipinski definition) is 0. The third-order valence-electron chi connectivity index (χ3n) is 4.52. The number of aromatic nitrogens is 2. The SMILES string of the molecule is COc1cc(N(C)C2CCCN(Cc3cccc(F)c3)C2)ncn1. The molecule has 128 valence electrons. The molecule has 0 radical (unpaired) electrons. The molecule has 1 atom stereocenters. The molecule has 0 amide bonds. The van der Waals surface area contributed by atoms with E-state index in [1.54, 1.807) is 19.2 Å². The van der Waals surface area contributed by atoms with Gasteiger partial charge >= 0.3 is 0 Å². The standard InChI is InChI=1S/C18H23FN4O/c1-22(17-10-18(24-2)21-13-20-17)16-7-4-8-23(12-16)11-14-5-3-6-15(19)9-14/h3,5-6,9-10,13,16H,4,7-8,11-12H2,1-2H3. The summed E-state index contributed by atoms with van der Waals surface area (Å²) in [6.45, 7) is 2.74. The average molecular weight is 330 g/mol. The van der Waals surface area contributed by atoms with E-state index >= 15 is 0 Å². The summed E-state index contributed by atoms with van der Waals surface area (Å²) in [7, 11) is 3.66. The van der Waals surface area contributed by atoms with Crippen molar-refractivity contribution in [2.45, 2.75) is 25.4 Å². The molecule has 24 heavy (non-hydrogen) atoms. The zero-order valence-corrected chi connectivity index (χ0v) is 14.2. The van der Waals surface area contributed by atoms with E-state index in [0.717, 1.165) is 43.9 Å². The zero-order valence-electron chi connectivity index (χ0n) is 14.2. The van der Waals surface area contributed by atoms with Gasteiger partial charge in [0.15, 0.2) is 0 Å². The number of likely N-dealkylation sites (tertiary alicyclic amines) is 1. The van der Waals surface area contributed by atoms with Gasteiger partial charge in [0.05, 0.1) is 7.11 Å². The van der Waals surface area contributed by atoms with Crippen molar-refractivity contribution in [3.05, 3.63) is 48.0 Å². The number of anilines is 1. The molecule has 1 fully saturated rings. The van der Waals surface area contributed by atoms with Gasteiger partial charge in [-0.25, -0.2) is 14.4 Å². The number of benzene rings is 1. The molecule has 0 spiro atoms. The third kappa shape index (κ3) is 4.00. The molecule has 3 rings (SSSR count). The van der Waals surface area contributed by atoms with Crippen LogP contribution in [0, 0.1) is 5.82 Å². The highest BCUT2D eigenvalue weighted by molar-refractivity contribution is 5.41. The smallest absolute Gasteiger partial charge is 0.218 e. The summed E-state index contributed by atoms with van der Waals surface area (Å²) >= 11 is 0. The van der Waals surface area contributed by atoms with Gasteiger partial charge in [-0.05, 0) is 37.1 Å². The molecular formula is C18H23FN4O. The Bertz CT molecular complexity index is 682. The first-order valence-corrected chi connectivity index (χ1v) is 8.21. The minimum atomic E-state index is -0.175. The Kier molecular flexibility index (Phi) is 5.25. The predicted octanol–water partition coefficient (Wildman–Crippen LogP) is 2.73. The summed E-state index contributed by atoms with van der Waals surface area (Å²) in [5.41, 5.74) is 1.02. The molecule has 0 bridgehead atoms. The number of rotatable bonds is 5. The van der Waals surface area contributed by atoms with Crippen LogP contribution in [0.1, 0.15) is 18.4 Å². The molecule has 1 aromatic heterocycles. The van der Waals surface area contributed by atoms with Crippen molar-refractivity contribution in [2.75, 3.05) is 32.1 Å². The molecule has 1 aromatic carbocycles. The number of ether oxygens (including phenoxy) is 1. The maximum Gasteiger partial charge on any atom is 0.218 e. The van der Waals surface area contributed by atoms with Crippen LogP contribution in [0.4, 0.5) is 10.2 Å². The van der Waals surface area contributed by atoms with Gasteiger partial charge in [0, 0.05) is 32.2 Å². The second-order valence-corrected chi connectivity index (χ2v) is 6.19. The predicted molar refractivity (Wildman–Crippen MR) is 91.7 cm³/mol. The Morgan fingerprint density at radius 2 is 2.21 bits per heavy atom. The quantitative estimate of drug-likeness (QED) is 0.843. The lowest BCUT2D eigenvalue weighted by Crippen LogP contribution is -2.46. The lowest BCUT2D eigenvalue weighted by molar-refractivity contribution is 0.198. The van der Waals surface area contributed by atoms with Gasteiger partial charge in [0.2, 0.25) is 5.88 Å². The maximum atomic E-state index is 13.4. The monoisotopic (exact) mass is 330 g/mol. The van der Waals surface area contributed by atoms with Crippen LogP contribution in [0.2, 0.25) is 0 Å². The van der Waals surface area contributed by atoms with Crippen LogP contribution in [-0.2, 0) is 6.54 Å². The first-order chi connectivity index (χ1) is 11.7. The lowest BCUT2D eigenvalue weighted by Gasteiger charge is -2.38. The van der Waals surface area contributed by atoms with E-state index in [1.165, 1.54) is 12.4 Å². The van der Waals surface area contributed by atoms with Gasteiger partial charge in [0.1, 0.15) is 18.0 Å². The fourth-order valence-corrected chi connectivity index (χ4v) is 3.21. The second kappa shape index (κ2) is 7.57. The first kappa shape index (κ1) is 16.6. The second-order valence-electron chi connectivity index (χ2n) is 6.19. The van der Waals surface area contributed by atoms with Gasteiger partial charge in [-0.15, -0.1) is 0 Å². The summed E-state index contributed by atoms with van der Waals surface area (Å²) in [6.07, 6.45) is 3.76. The number of piperidine rings is 1. The van der Waals surface area contributed by atoms with Crippen molar-refractivity contribution in [1.29, 1.82) is 0 Å². The van der Waals surface area contributed by atoms with E-state index in [2.05, 4.69) is 26.8 Å². The van der Waals surface area contributed by atoms with E-state index in [1.807, 2.05) is 12.1 Å². The summed E-state index contributed by atoms with van der Waals surface area (Å²) < 4.78 is 18.5. The van der Waals surface area contributed by atoms with Crippen LogP contribution in [0.15, 0.2) is 36.7 Å². The van der Waals surface area contributed by atoms with Crippen molar-refractivity contribution in [2.24, 2.45) is 0 Å². The van der Waals surface area contributed by atoms with Gasteiger partial charge in [-0.2, -0.15) is 0 Å². The third-order valence-corrected chi connectivity index (χ3v) is 4.52. The van der Waals surface area contributed by atoms with Crippen molar-refractivity contribution in [3.8, 4) is 5.88 Å². The van der Waals surface area contributed by atoms with Crippen LogP contribution in [0.3, 0.4) is 0 Å². The fraction of sp³-hybridized carbons (Fsp3) is 0.444. The summed E-state index contributed by atoms with van der Waals surface area (Å²) in [5, 5.41) is 0. The Balaban J connectivity index is 1.66. The van der Waals surface area contributed by atoms with E-state index in [0.29, 0.717) is 11.9 Å². The van der Waals surface area contributed by atoms with Gasteiger partial charge in [-0.3, -0.25) is 4.90 Å². The molecule has 1 saturated heterocycles. The van der Waals surface area contributed by atoms with Crippen LogP contribution in [0.25, 0.3) is 0 Å². The van der Waals surface area contributed by atoms with Crippen molar-refractivity contribution >= 4 is 5.82 Å². The molecule has 1 aliphatic heterocycles. The number of halogens is 1. The highest BCUT2D eigenvalue weighted by Gasteiger charge is 2.24. The fourth-order valence-electron chi connectivity index (χ4n) is 3.21. The van der Waals surface area contributed by atoms with E-state index in [4.69, 9.17) is 4.74 Å². The van der Waals surface area contributed by atoms with E-state index in [-0.39, 0.29) is 5.82 Å². The summed E-state index contributed by atoms with van der Waals surface area (Å²) in [5.74, 6) is 1.25.